The van der Waals surface area contributed by atoms with E-state index in [0.29, 0.717) is 11.3 Å². The second-order valence-corrected chi connectivity index (χ2v) is 8.39. The minimum absolute atomic E-state index is 0.0559. The number of nitrogens with zero attached hydrogens (tertiary/aromatic N) is 3. The van der Waals surface area contributed by atoms with E-state index < -0.39 is 10.0 Å². The average molecular weight is 377 g/mol. The van der Waals surface area contributed by atoms with Crippen LogP contribution in [-0.4, -0.2) is 31.7 Å². The van der Waals surface area contributed by atoms with Gasteiger partial charge in [-0.25, -0.2) is 27.1 Å². The minimum Gasteiger partial charge on any atom is -0.241 e. The summed E-state index contributed by atoms with van der Waals surface area (Å²) in [4.78, 5) is 9.00. The number of hydrogen-bond donors (Lipinski definition) is 0. The Hall–Kier alpha value is -2.28. The zero-order valence-corrected chi connectivity index (χ0v) is 16.5. The first-order valence-corrected chi connectivity index (χ1v) is 10.3. The minimum atomic E-state index is -3.50. The van der Waals surface area contributed by atoms with Gasteiger partial charge in [0.25, 0.3) is 0 Å². The summed E-state index contributed by atoms with van der Waals surface area (Å²) in [5, 5.41) is 0. The van der Waals surface area contributed by atoms with E-state index >= 15 is 0 Å². The number of benzene rings is 1. The summed E-state index contributed by atoms with van der Waals surface area (Å²) in [6.07, 6.45) is 5.88. The molecule has 0 radical (unpaired) electrons. The first-order valence-electron chi connectivity index (χ1n) is 8.43. The number of anilines is 1. The molecule has 0 amide bonds. The molecular weight excluding hydrogens is 353 g/mol. The molecule has 0 spiro atoms. The first-order chi connectivity index (χ1) is 12.1. The van der Waals surface area contributed by atoms with Crippen molar-refractivity contribution in [2.45, 2.75) is 33.1 Å². The number of sulfonamides is 1. The number of aromatic nitrogens is 2. The maximum Gasteiger partial charge on any atom is 0.239 e. The number of rotatable bonds is 6. The second kappa shape index (κ2) is 7.95. The molecular formula is C19H24FN3O2S. The molecule has 140 valence electrons. The van der Waals surface area contributed by atoms with Gasteiger partial charge in [-0.15, -0.1) is 0 Å². The zero-order chi connectivity index (χ0) is 19.5. The number of halogens is 1. The lowest BCUT2D eigenvalue weighted by molar-refractivity contribution is 0.599. The molecule has 0 aliphatic carbocycles. The van der Waals surface area contributed by atoms with Crippen molar-refractivity contribution in [3.8, 4) is 11.3 Å². The van der Waals surface area contributed by atoms with Gasteiger partial charge in [0.15, 0.2) is 0 Å². The van der Waals surface area contributed by atoms with Gasteiger partial charge in [0.05, 0.1) is 17.6 Å². The van der Waals surface area contributed by atoms with Crippen LogP contribution in [0.25, 0.3) is 17.3 Å². The SMILES string of the molecule is CC/C=C/c1c(-c2ccc(F)cc2)nc(N(C)S(C)(=O)=O)nc1C(C)C. The van der Waals surface area contributed by atoms with Crippen LogP contribution in [0.2, 0.25) is 0 Å². The van der Waals surface area contributed by atoms with Gasteiger partial charge in [0.1, 0.15) is 5.82 Å². The monoisotopic (exact) mass is 377 g/mol. The van der Waals surface area contributed by atoms with Gasteiger partial charge in [-0.2, -0.15) is 0 Å². The van der Waals surface area contributed by atoms with Crippen LogP contribution in [0.15, 0.2) is 30.3 Å². The molecule has 26 heavy (non-hydrogen) atoms. The number of hydrogen-bond acceptors (Lipinski definition) is 4. The first kappa shape index (κ1) is 20.0. The van der Waals surface area contributed by atoms with E-state index in [4.69, 9.17) is 0 Å². The van der Waals surface area contributed by atoms with Crippen molar-refractivity contribution in [1.82, 2.24) is 9.97 Å². The highest BCUT2D eigenvalue weighted by Crippen LogP contribution is 2.31. The smallest absolute Gasteiger partial charge is 0.239 e. The Morgan fingerprint density at radius 3 is 2.31 bits per heavy atom. The summed E-state index contributed by atoms with van der Waals surface area (Å²) in [5.74, 6) is -0.185. The summed E-state index contributed by atoms with van der Waals surface area (Å²) in [6, 6.07) is 5.99. The van der Waals surface area contributed by atoms with Crippen LogP contribution in [0.1, 0.15) is 44.4 Å². The van der Waals surface area contributed by atoms with Gasteiger partial charge in [0, 0.05) is 18.2 Å². The van der Waals surface area contributed by atoms with Crippen LogP contribution in [-0.2, 0) is 10.0 Å². The predicted molar refractivity (Wildman–Crippen MR) is 104 cm³/mol. The van der Waals surface area contributed by atoms with E-state index in [9.17, 15) is 12.8 Å². The van der Waals surface area contributed by atoms with Crippen LogP contribution in [0.4, 0.5) is 10.3 Å². The van der Waals surface area contributed by atoms with Crippen LogP contribution >= 0.6 is 0 Å². The average Bonchev–Trinajstić information content (AvgIpc) is 2.58. The lowest BCUT2D eigenvalue weighted by atomic mass is 9.98. The third kappa shape index (κ3) is 4.46. The fraction of sp³-hybridized carbons (Fsp3) is 0.368. The third-order valence-electron chi connectivity index (χ3n) is 3.93. The van der Waals surface area contributed by atoms with Crippen molar-refractivity contribution in [2.24, 2.45) is 0 Å². The predicted octanol–water partition coefficient (Wildman–Crippen LogP) is 4.23. The van der Waals surface area contributed by atoms with E-state index in [1.54, 1.807) is 12.1 Å². The maximum absolute atomic E-state index is 13.3. The highest BCUT2D eigenvalue weighted by molar-refractivity contribution is 7.92. The fourth-order valence-electron chi connectivity index (χ4n) is 2.43. The molecule has 0 aliphatic rings. The molecule has 0 N–H and O–H groups in total. The Labute approximate surface area is 154 Å². The highest BCUT2D eigenvalue weighted by Gasteiger charge is 2.21. The Morgan fingerprint density at radius 2 is 1.81 bits per heavy atom. The Bertz CT molecular complexity index is 907. The fourth-order valence-corrected chi connectivity index (χ4v) is 2.81. The molecule has 2 aromatic rings. The van der Waals surface area contributed by atoms with Crippen molar-refractivity contribution >= 4 is 22.0 Å². The molecule has 0 atom stereocenters. The summed E-state index contributed by atoms with van der Waals surface area (Å²) in [7, 11) is -2.08. The molecule has 1 aromatic carbocycles. The summed E-state index contributed by atoms with van der Waals surface area (Å²) < 4.78 is 38.3. The van der Waals surface area contributed by atoms with Crippen LogP contribution < -0.4 is 4.31 Å². The molecule has 0 saturated heterocycles. The molecule has 7 heteroatoms. The van der Waals surface area contributed by atoms with Crippen molar-refractivity contribution < 1.29 is 12.8 Å². The molecule has 1 heterocycles. The molecule has 0 aliphatic heterocycles. The Balaban J connectivity index is 2.81. The number of allylic oxidation sites excluding steroid dienone is 1. The van der Waals surface area contributed by atoms with E-state index in [1.807, 2.05) is 32.9 Å². The molecule has 0 bridgehead atoms. The van der Waals surface area contributed by atoms with Crippen LogP contribution in [0.5, 0.6) is 0 Å². The topological polar surface area (TPSA) is 63.2 Å². The molecule has 2 rings (SSSR count). The highest BCUT2D eigenvalue weighted by atomic mass is 32.2. The van der Waals surface area contributed by atoms with Gasteiger partial charge < -0.3 is 0 Å². The second-order valence-electron chi connectivity index (χ2n) is 6.37. The van der Waals surface area contributed by atoms with Crippen LogP contribution in [0.3, 0.4) is 0 Å². The molecule has 0 unspecified atom stereocenters. The van der Waals surface area contributed by atoms with Gasteiger partial charge in [-0.1, -0.05) is 32.9 Å². The van der Waals surface area contributed by atoms with Gasteiger partial charge >= 0.3 is 0 Å². The van der Waals surface area contributed by atoms with Crippen molar-refractivity contribution in [1.29, 1.82) is 0 Å². The van der Waals surface area contributed by atoms with Crippen LogP contribution in [0, 0.1) is 5.82 Å². The molecule has 0 saturated carbocycles. The lowest BCUT2D eigenvalue weighted by Crippen LogP contribution is -2.27. The van der Waals surface area contributed by atoms with Gasteiger partial charge in [0.2, 0.25) is 16.0 Å². The third-order valence-corrected chi connectivity index (χ3v) is 5.09. The normalized spacial score (nSPS) is 12.1. The van der Waals surface area contributed by atoms with E-state index in [1.165, 1.54) is 19.2 Å². The van der Waals surface area contributed by atoms with Gasteiger partial charge in [-0.05, 0) is 36.6 Å². The van der Waals surface area contributed by atoms with E-state index in [0.717, 1.165) is 28.2 Å². The largest absolute Gasteiger partial charge is 0.241 e. The van der Waals surface area contributed by atoms with Crippen molar-refractivity contribution in [3.63, 3.8) is 0 Å². The molecule has 5 nitrogen and oxygen atoms in total. The Kier molecular flexibility index (Phi) is 6.13. The zero-order valence-electron chi connectivity index (χ0n) is 15.7. The lowest BCUT2D eigenvalue weighted by Gasteiger charge is -2.20. The van der Waals surface area contributed by atoms with Crippen molar-refractivity contribution in [3.05, 3.63) is 47.4 Å². The molecule has 0 fully saturated rings. The quantitative estimate of drug-likeness (QED) is 0.756. The maximum atomic E-state index is 13.3. The van der Waals surface area contributed by atoms with E-state index in [2.05, 4.69) is 9.97 Å². The summed E-state index contributed by atoms with van der Waals surface area (Å²) in [6.45, 7) is 6.00. The summed E-state index contributed by atoms with van der Waals surface area (Å²) in [5.41, 5.74) is 2.85. The van der Waals surface area contributed by atoms with Gasteiger partial charge in [-0.3, -0.25) is 0 Å². The molecule has 1 aromatic heterocycles. The van der Waals surface area contributed by atoms with E-state index in [-0.39, 0.29) is 17.7 Å². The summed E-state index contributed by atoms with van der Waals surface area (Å²) >= 11 is 0. The Morgan fingerprint density at radius 1 is 1.19 bits per heavy atom. The van der Waals surface area contributed by atoms with Crippen molar-refractivity contribution in [2.75, 3.05) is 17.6 Å². The standard InChI is InChI=1S/C19H24FN3O2S/c1-6-7-8-16-17(13(2)3)21-19(23(4)26(5,24)25)22-18(16)14-9-11-15(20)12-10-14/h7-13H,6H2,1-5H3/b8-7+.